The quantitative estimate of drug-likeness (QED) is 0.137. The Morgan fingerprint density at radius 1 is 0.415 bits per heavy atom. The van der Waals surface area contributed by atoms with Gasteiger partial charge < -0.3 is 0 Å². The second kappa shape index (κ2) is 21.9. The van der Waals surface area contributed by atoms with E-state index >= 15 is 0 Å². The highest BCUT2D eigenvalue weighted by Crippen LogP contribution is 2.33. The van der Waals surface area contributed by atoms with Crippen LogP contribution in [0.15, 0.2) is 120 Å². The summed E-state index contributed by atoms with van der Waals surface area (Å²) in [4.78, 5) is 0. The van der Waals surface area contributed by atoms with Gasteiger partial charge in [0.15, 0.2) is 0 Å². The number of aryl methyl sites for hydroxylation is 4. The molecule has 2 atom stereocenters. The van der Waals surface area contributed by atoms with E-state index in [1.54, 1.807) is 0 Å². The molecule has 2 unspecified atom stereocenters. The molecule has 4 aromatic rings. The summed E-state index contributed by atoms with van der Waals surface area (Å²) in [6, 6.07) is 36.1. The van der Waals surface area contributed by atoms with Crippen LogP contribution in [-0.4, -0.2) is 0 Å². The van der Waals surface area contributed by atoms with Crippen molar-refractivity contribution in [1.29, 1.82) is 0 Å². The van der Waals surface area contributed by atoms with Gasteiger partial charge in [-0.05, 0) is 151 Å². The topological polar surface area (TPSA) is 0 Å². The molecule has 53 heavy (non-hydrogen) atoms. The first-order valence-electron chi connectivity index (χ1n) is 20.8. The molecule has 0 aromatic heterocycles. The van der Waals surface area contributed by atoms with Gasteiger partial charge in [-0.25, -0.2) is 0 Å². The molecule has 6 rings (SSSR count). The Morgan fingerprint density at radius 2 is 0.774 bits per heavy atom. The minimum Gasteiger partial charge on any atom is -0.0723 e. The molecule has 0 fully saturated rings. The van der Waals surface area contributed by atoms with Crippen LogP contribution in [0.25, 0.3) is 0 Å². The van der Waals surface area contributed by atoms with E-state index in [1.165, 1.54) is 102 Å². The average Bonchev–Trinajstić information content (AvgIpc) is 3.21. The summed E-state index contributed by atoms with van der Waals surface area (Å²) in [6.07, 6.45) is 22.4. The average molecular weight is 699 g/mol. The molecule has 274 valence electrons. The molecule has 0 heterocycles. The lowest BCUT2D eigenvalue weighted by atomic mass is 9.84. The van der Waals surface area contributed by atoms with E-state index in [1.807, 2.05) is 0 Å². The zero-order chi connectivity index (χ0) is 37.1. The van der Waals surface area contributed by atoms with Gasteiger partial charge in [-0.2, -0.15) is 0 Å². The third kappa shape index (κ3) is 13.1. The maximum Gasteiger partial charge on any atom is 0.0249 e. The van der Waals surface area contributed by atoms with Crippen molar-refractivity contribution >= 4 is 0 Å². The van der Waals surface area contributed by atoms with E-state index in [-0.39, 0.29) is 0 Å². The van der Waals surface area contributed by atoms with Gasteiger partial charge in [0.2, 0.25) is 0 Å². The van der Waals surface area contributed by atoms with Crippen molar-refractivity contribution in [3.63, 3.8) is 0 Å². The molecular formula is C53H62. The van der Waals surface area contributed by atoms with Crippen LogP contribution in [0.1, 0.15) is 155 Å². The van der Waals surface area contributed by atoms with Crippen LogP contribution in [-0.2, 0) is 25.7 Å². The number of benzene rings is 4. The molecule has 2 aliphatic carbocycles. The Balaban J connectivity index is 0.000000204. The van der Waals surface area contributed by atoms with Crippen LogP contribution in [0.3, 0.4) is 0 Å². The van der Waals surface area contributed by atoms with E-state index in [2.05, 4.69) is 161 Å². The molecule has 0 heteroatoms. The smallest absolute Gasteiger partial charge is 0.0249 e. The molecule has 0 radical (unpaired) electrons. The molecule has 4 aromatic carbocycles. The van der Waals surface area contributed by atoms with Crippen molar-refractivity contribution in [3.8, 4) is 23.7 Å². The molecule has 0 nitrogen and oxygen atoms in total. The molecular weight excluding hydrogens is 637 g/mol. The minimum atomic E-state index is 0.657. The molecule has 0 N–H and O–H groups in total. The summed E-state index contributed by atoms with van der Waals surface area (Å²) < 4.78 is 0. The van der Waals surface area contributed by atoms with Gasteiger partial charge in [-0.1, -0.05) is 162 Å². The van der Waals surface area contributed by atoms with Crippen molar-refractivity contribution in [2.45, 2.75) is 136 Å². The number of hydrogen-bond acceptors (Lipinski definition) is 0. The summed E-state index contributed by atoms with van der Waals surface area (Å²) in [5.41, 5.74) is 13.6. The third-order valence-electron chi connectivity index (χ3n) is 10.8. The monoisotopic (exact) mass is 698 g/mol. The molecule has 0 amide bonds. The predicted molar refractivity (Wildman–Crippen MR) is 229 cm³/mol. The SMILES string of the molecule is CCCCc1ccc(C2CC=C(C#Cc3ccc(CCC)cc3)CC2)cc1.CCCc1ccc(C#CC2=CCC(c3ccc(CCC)cc3)CC2)cc1. The van der Waals surface area contributed by atoms with Gasteiger partial charge in [0.05, 0.1) is 0 Å². The highest BCUT2D eigenvalue weighted by molar-refractivity contribution is 5.44. The van der Waals surface area contributed by atoms with Gasteiger partial charge in [0.1, 0.15) is 0 Å². The van der Waals surface area contributed by atoms with Crippen LogP contribution < -0.4 is 0 Å². The molecule has 0 aliphatic heterocycles. The molecule has 0 saturated carbocycles. The normalized spacial score (nSPS) is 16.5. The molecule has 2 aliphatic rings. The van der Waals surface area contributed by atoms with Gasteiger partial charge in [0.25, 0.3) is 0 Å². The zero-order valence-electron chi connectivity index (χ0n) is 33.2. The Labute approximate surface area is 323 Å². The fraction of sp³-hybridized carbons (Fsp3) is 0.396. The zero-order valence-corrected chi connectivity index (χ0v) is 33.2. The first-order chi connectivity index (χ1) is 26.1. The van der Waals surface area contributed by atoms with Gasteiger partial charge in [-0.3, -0.25) is 0 Å². The summed E-state index contributed by atoms with van der Waals surface area (Å²) in [5, 5.41) is 0. The molecule has 0 saturated heterocycles. The highest BCUT2D eigenvalue weighted by Gasteiger charge is 2.16. The molecule has 0 bridgehead atoms. The van der Waals surface area contributed by atoms with E-state index in [4.69, 9.17) is 0 Å². The standard InChI is InChI=1S/C27H32.C26H30/c1-3-5-7-23-14-18-26(19-15-23)27-20-16-25(17-21-27)13-12-24-10-8-22(6-4-2)9-11-24;1-3-5-21-7-9-23(10-8-21)11-12-24-15-19-26(20-16-24)25-17-13-22(6-4-2)14-18-25/h8-11,14-16,18-19,27H,3-7,17,20-21H2,1-2H3;7-10,13-15,17-18,26H,3-6,16,19-20H2,1-2H3. The largest absolute Gasteiger partial charge is 0.0723 e. The van der Waals surface area contributed by atoms with Crippen molar-refractivity contribution < 1.29 is 0 Å². The van der Waals surface area contributed by atoms with Crippen LogP contribution in [0.4, 0.5) is 0 Å². The fourth-order valence-electron chi connectivity index (χ4n) is 7.48. The Hall–Kier alpha value is -4.52. The maximum atomic E-state index is 3.40. The highest BCUT2D eigenvalue weighted by atomic mass is 14.2. The van der Waals surface area contributed by atoms with E-state index in [0.717, 1.165) is 49.7 Å². The predicted octanol–water partition coefficient (Wildman–Crippen LogP) is 14.1. The Bertz CT molecular complexity index is 1860. The summed E-state index contributed by atoms with van der Waals surface area (Å²) in [6.45, 7) is 8.93. The Morgan fingerprint density at radius 3 is 1.09 bits per heavy atom. The van der Waals surface area contributed by atoms with Gasteiger partial charge >= 0.3 is 0 Å². The fourth-order valence-corrected chi connectivity index (χ4v) is 7.48. The second-order valence-corrected chi connectivity index (χ2v) is 15.1. The van der Waals surface area contributed by atoms with Crippen LogP contribution in [0.2, 0.25) is 0 Å². The lowest BCUT2D eigenvalue weighted by Crippen LogP contribution is -2.04. The first-order valence-corrected chi connectivity index (χ1v) is 20.8. The number of allylic oxidation sites excluding steroid dienone is 4. The van der Waals surface area contributed by atoms with Crippen molar-refractivity contribution in [1.82, 2.24) is 0 Å². The van der Waals surface area contributed by atoms with Crippen molar-refractivity contribution in [2.75, 3.05) is 0 Å². The van der Waals surface area contributed by atoms with Crippen LogP contribution in [0, 0.1) is 23.7 Å². The van der Waals surface area contributed by atoms with E-state index < -0.39 is 0 Å². The summed E-state index contributed by atoms with van der Waals surface area (Å²) in [5.74, 6) is 14.8. The Kier molecular flexibility index (Phi) is 16.4. The summed E-state index contributed by atoms with van der Waals surface area (Å²) in [7, 11) is 0. The number of hydrogen-bond donors (Lipinski definition) is 0. The maximum absolute atomic E-state index is 3.40. The van der Waals surface area contributed by atoms with E-state index in [0.29, 0.717) is 11.8 Å². The van der Waals surface area contributed by atoms with Crippen molar-refractivity contribution in [2.24, 2.45) is 0 Å². The minimum absolute atomic E-state index is 0.657. The third-order valence-corrected chi connectivity index (χ3v) is 10.8. The second-order valence-electron chi connectivity index (χ2n) is 15.1. The van der Waals surface area contributed by atoms with Crippen molar-refractivity contribution in [3.05, 3.63) is 165 Å². The van der Waals surface area contributed by atoms with Gasteiger partial charge in [-0.15, -0.1) is 0 Å². The van der Waals surface area contributed by atoms with E-state index in [9.17, 15) is 0 Å². The van der Waals surface area contributed by atoms with Crippen LogP contribution >= 0.6 is 0 Å². The van der Waals surface area contributed by atoms with Crippen LogP contribution in [0.5, 0.6) is 0 Å². The number of rotatable bonds is 11. The summed E-state index contributed by atoms with van der Waals surface area (Å²) >= 11 is 0. The number of unbranched alkanes of at least 4 members (excludes halogenated alkanes) is 1. The lowest BCUT2D eigenvalue weighted by molar-refractivity contribution is 0.607. The molecule has 0 spiro atoms. The lowest BCUT2D eigenvalue weighted by Gasteiger charge is -2.20. The first kappa shape index (κ1) is 39.7. The van der Waals surface area contributed by atoms with Gasteiger partial charge in [0, 0.05) is 11.1 Å².